The van der Waals surface area contributed by atoms with Gasteiger partial charge in [-0.15, -0.1) is 11.3 Å². The van der Waals surface area contributed by atoms with Crippen LogP contribution in [-0.2, 0) is 21.2 Å². The predicted octanol–water partition coefficient (Wildman–Crippen LogP) is 2.99. The van der Waals surface area contributed by atoms with Crippen LogP contribution in [0.15, 0.2) is 64.9 Å². The van der Waals surface area contributed by atoms with E-state index in [1.54, 1.807) is 6.92 Å². The van der Waals surface area contributed by atoms with E-state index in [-0.39, 0.29) is 22.7 Å². The van der Waals surface area contributed by atoms with Crippen molar-refractivity contribution in [2.45, 2.75) is 24.3 Å². The molecule has 0 aliphatic heterocycles. The highest BCUT2D eigenvalue weighted by molar-refractivity contribution is 7.89. The summed E-state index contributed by atoms with van der Waals surface area (Å²) in [5.41, 5.74) is 1.96. The van der Waals surface area contributed by atoms with Crippen molar-refractivity contribution in [3.05, 3.63) is 70.5 Å². The Morgan fingerprint density at radius 1 is 1.10 bits per heavy atom. The first kappa shape index (κ1) is 22.8. The molecule has 0 radical (unpaired) electrons. The van der Waals surface area contributed by atoms with Crippen LogP contribution < -0.4 is 5.32 Å². The number of aromatic nitrogens is 1. The Kier molecular flexibility index (Phi) is 6.99. The molecule has 1 heterocycles. The van der Waals surface area contributed by atoms with E-state index in [2.05, 4.69) is 10.3 Å². The molecule has 2 aromatic carbocycles. The molecule has 0 aliphatic carbocycles. The molecule has 1 amide bonds. The standard InChI is InChI=1S/C22H23N3O4S2/c1-15(20(26)13-21-24-19(14-30-21)16-8-5-4-6-9-16)23-22(27)17-10-7-11-18(12-17)31(28,29)25(2)3/h4-12,14-15H,13H2,1-3H3,(H,23,27)/t15-/m0/s1. The minimum absolute atomic E-state index is 0.0142. The largest absolute Gasteiger partial charge is 0.343 e. The number of carbonyl (C=O) groups is 2. The van der Waals surface area contributed by atoms with Gasteiger partial charge in [0.1, 0.15) is 5.01 Å². The fourth-order valence-corrected chi connectivity index (χ4v) is 4.57. The number of carbonyl (C=O) groups excluding carboxylic acids is 2. The summed E-state index contributed by atoms with van der Waals surface area (Å²) in [5, 5.41) is 5.21. The van der Waals surface area contributed by atoms with E-state index in [1.165, 1.54) is 49.7 Å². The Labute approximate surface area is 185 Å². The number of Topliss-reactive ketones (excluding diaryl/α,β-unsaturated/α-hetero) is 1. The van der Waals surface area contributed by atoms with Crippen molar-refractivity contribution in [1.29, 1.82) is 0 Å². The van der Waals surface area contributed by atoms with Gasteiger partial charge in [-0.25, -0.2) is 17.7 Å². The molecular formula is C22H23N3O4S2. The highest BCUT2D eigenvalue weighted by Crippen LogP contribution is 2.22. The molecule has 0 bridgehead atoms. The molecule has 1 atom stereocenters. The van der Waals surface area contributed by atoms with E-state index in [1.807, 2.05) is 35.7 Å². The number of amides is 1. The fourth-order valence-electron chi connectivity index (χ4n) is 2.80. The topological polar surface area (TPSA) is 96.4 Å². The van der Waals surface area contributed by atoms with Gasteiger partial charge in [-0.2, -0.15) is 0 Å². The van der Waals surface area contributed by atoms with Crippen LogP contribution in [0.25, 0.3) is 11.3 Å². The number of nitrogens with zero attached hydrogens (tertiary/aromatic N) is 2. The molecule has 0 saturated heterocycles. The molecule has 162 valence electrons. The maximum absolute atomic E-state index is 12.6. The second kappa shape index (κ2) is 9.51. The fraction of sp³-hybridized carbons (Fsp3) is 0.227. The van der Waals surface area contributed by atoms with Crippen LogP contribution in [-0.4, -0.2) is 49.5 Å². The normalized spacial score (nSPS) is 12.5. The second-order valence-corrected chi connectivity index (χ2v) is 10.2. The first-order chi connectivity index (χ1) is 14.7. The summed E-state index contributed by atoms with van der Waals surface area (Å²) in [6.45, 7) is 1.60. The molecule has 3 rings (SSSR count). The van der Waals surface area contributed by atoms with Gasteiger partial charge in [-0.3, -0.25) is 9.59 Å². The minimum Gasteiger partial charge on any atom is -0.343 e. The summed E-state index contributed by atoms with van der Waals surface area (Å²) in [7, 11) is -0.817. The maximum Gasteiger partial charge on any atom is 0.251 e. The van der Waals surface area contributed by atoms with Crippen LogP contribution in [0.5, 0.6) is 0 Å². The third kappa shape index (κ3) is 5.43. The second-order valence-electron chi connectivity index (χ2n) is 7.15. The summed E-state index contributed by atoms with van der Waals surface area (Å²) in [4.78, 5) is 29.7. The lowest BCUT2D eigenvalue weighted by atomic mass is 10.1. The summed E-state index contributed by atoms with van der Waals surface area (Å²) in [5.74, 6) is -0.694. The monoisotopic (exact) mass is 457 g/mol. The van der Waals surface area contributed by atoms with E-state index in [9.17, 15) is 18.0 Å². The molecule has 9 heteroatoms. The summed E-state index contributed by atoms with van der Waals surface area (Å²) in [6.07, 6.45) is 0.105. The zero-order valence-electron chi connectivity index (χ0n) is 17.4. The smallest absolute Gasteiger partial charge is 0.251 e. The third-order valence-electron chi connectivity index (χ3n) is 4.65. The molecule has 1 N–H and O–H groups in total. The van der Waals surface area contributed by atoms with Crippen molar-refractivity contribution in [2.24, 2.45) is 0 Å². The van der Waals surface area contributed by atoms with E-state index < -0.39 is 22.0 Å². The lowest BCUT2D eigenvalue weighted by Crippen LogP contribution is -2.39. The van der Waals surface area contributed by atoms with Gasteiger partial charge >= 0.3 is 0 Å². The van der Waals surface area contributed by atoms with Crippen molar-refractivity contribution in [2.75, 3.05) is 14.1 Å². The quantitative estimate of drug-likeness (QED) is 0.561. The Morgan fingerprint density at radius 2 is 1.81 bits per heavy atom. The van der Waals surface area contributed by atoms with Crippen molar-refractivity contribution in [3.63, 3.8) is 0 Å². The Morgan fingerprint density at radius 3 is 2.48 bits per heavy atom. The molecule has 31 heavy (non-hydrogen) atoms. The zero-order chi connectivity index (χ0) is 22.6. The minimum atomic E-state index is -3.66. The first-order valence-electron chi connectivity index (χ1n) is 9.54. The van der Waals surface area contributed by atoms with Gasteiger partial charge in [-0.1, -0.05) is 36.4 Å². The lowest BCUT2D eigenvalue weighted by molar-refractivity contribution is -0.119. The van der Waals surface area contributed by atoms with Crippen LogP contribution in [0.1, 0.15) is 22.3 Å². The van der Waals surface area contributed by atoms with E-state index in [4.69, 9.17) is 0 Å². The van der Waals surface area contributed by atoms with Gasteiger partial charge in [0.05, 0.1) is 23.1 Å². The molecule has 0 spiro atoms. The highest BCUT2D eigenvalue weighted by atomic mass is 32.2. The van der Waals surface area contributed by atoms with E-state index in [0.717, 1.165) is 15.6 Å². The van der Waals surface area contributed by atoms with Gasteiger partial charge in [0.2, 0.25) is 10.0 Å². The molecule has 0 saturated carbocycles. The van der Waals surface area contributed by atoms with Crippen molar-refractivity contribution >= 4 is 33.1 Å². The van der Waals surface area contributed by atoms with Gasteiger partial charge in [0, 0.05) is 30.6 Å². The van der Waals surface area contributed by atoms with Crippen LogP contribution in [0.3, 0.4) is 0 Å². The van der Waals surface area contributed by atoms with Gasteiger partial charge in [-0.05, 0) is 25.1 Å². The van der Waals surface area contributed by atoms with E-state index in [0.29, 0.717) is 5.01 Å². The Balaban J connectivity index is 1.65. The molecular weight excluding hydrogens is 434 g/mol. The average molecular weight is 458 g/mol. The Hall–Kier alpha value is -2.88. The molecule has 7 nitrogen and oxygen atoms in total. The molecule has 0 aliphatic rings. The number of hydrogen-bond donors (Lipinski definition) is 1. The summed E-state index contributed by atoms with van der Waals surface area (Å²) < 4.78 is 25.6. The van der Waals surface area contributed by atoms with Gasteiger partial charge in [0.15, 0.2) is 5.78 Å². The average Bonchev–Trinajstić information content (AvgIpc) is 3.22. The van der Waals surface area contributed by atoms with Gasteiger partial charge in [0.25, 0.3) is 5.91 Å². The van der Waals surface area contributed by atoms with Crippen LogP contribution in [0.4, 0.5) is 0 Å². The van der Waals surface area contributed by atoms with Crippen LogP contribution >= 0.6 is 11.3 Å². The number of rotatable bonds is 8. The van der Waals surface area contributed by atoms with E-state index >= 15 is 0 Å². The predicted molar refractivity (Wildman–Crippen MR) is 121 cm³/mol. The molecule has 0 fully saturated rings. The number of thiazole rings is 1. The van der Waals surface area contributed by atoms with Crippen molar-refractivity contribution in [3.8, 4) is 11.3 Å². The van der Waals surface area contributed by atoms with Crippen molar-refractivity contribution < 1.29 is 18.0 Å². The Bertz CT molecular complexity index is 1190. The summed E-state index contributed by atoms with van der Waals surface area (Å²) in [6, 6.07) is 14.7. The number of ketones is 1. The number of sulfonamides is 1. The number of benzene rings is 2. The number of nitrogens with one attached hydrogen (secondary N) is 1. The van der Waals surface area contributed by atoms with Crippen molar-refractivity contribution in [1.82, 2.24) is 14.6 Å². The molecule has 1 aromatic heterocycles. The zero-order valence-corrected chi connectivity index (χ0v) is 19.0. The highest BCUT2D eigenvalue weighted by Gasteiger charge is 2.21. The van der Waals surface area contributed by atoms with Crippen LogP contribution in [0.2, 0.25) is 0 Å². The SMILES string of the molecule is C[C@H](NC(=O)c1cccc(S(=O)(=O)N(C)C)c1)C(=O)Cc1nc(-c2ccccc2)cs1. The molecule has 0 unspecified atom stereocenters. The number of hydrogen-bond acceptors (Lipinski definition) is 6. The summed E-state index contributed by atoms with van der Waals surface area (Å²) >= 11 is 1.40. The molecule has 3 aromatic rings. The third-order valence-corrected chi connectivity index (χ3v) is 7.31. The van der Waals surface area contributed by atoms with Gasteiger partial charge < -0.3 is 5.32 Å². The van der Waals surface area contributed by atoms with Crippen LogP contribution in [0, 0.1) is 0 Å². The first-order valence-corrected chi connectivity index (χ1v) is 11.9. The maximum atomic E-state index is 12.6. The lowest BCUT2D eigenvalue weighted by Gasteiger charge is -2.14.